The Bertz CT molecular complexity index is 1240. The number of benzene rings is 1. The van der Waals surface area contributed by atoms with E-state index in [1.807, 2.05) is 39.8 Å². The highest BCUT2D eigenvalue weighted by atomic mass is 16.5. The zero-order valence-corrected chi connectivity index (χ0v) is 17.9. The van der Waals surface area contributed by atoms with E-state index in [4.69, 9.17) is 4.74 Å². The summed E-state index contributed by atoms with van der Waals surface area (Å²) in [5.74, 6) is -0.0489. The molecule has 30 heavy (non-hydrogen) atoms. The van der Waals surface area contributed by atoms with Crippen LogP contribution in [0.25, 0.3) is 11.0 Å². The zero-order chi connectivity index (χ0) is 22.0. The molecule has 8 nitrogen and oxygen atoms in total. The second kappa shape index (κ2) is 8.52. The van der Waals surface area contributed by atoms with Gasteiger partial charge in [-0.25, -0.2) is 14.3 Å². The number of fused-ring (bicyclic) bond motifs is 1. The number of aryl methyl sites for hydroxylation is 4. The fourth-order valence-electron chi connectivity index (χ4n) is 3.45. The Morgan fingerprint density at radius 1 is 1.20 bits per heavy atom. The third-order valence-electron chi connectivity index (χ3n) is 5.01. The number of pyridine rings is 1. The predicted molar refractivity (Wildman–Crippen MR) is 116 cm³/mol. The average Bonchev–Trinajstić information content (AvgIpc) is 2.71. The molecule has 2 heterocycles. The monoisotopic (exact) mass is 410 g/mol. The van der Waals surface area contributed by atoms with Gasteiger partial charge in [-0.15, -0.1) is 0 Å². The number of carbonyl (C=O) groups excluding carboxylic acids is 1. The number of hydrogen-bond donors (Lipinski definition) is 1. The van der Waals surface area contributed by atoms with Crippen LogP contribution in [0.3, 0.4) is 0 Å². The van der Waals surface area contributed by atoms with Crippen LogP contribution in [0.1, 0.15) is 30.5 Å². The zero-order valence-electron chi connectivity index (χ0n) is 17.9. The second-order valence-corrected chi connectivity index (χ2v) is 7.20. The highest BCUT2D eigenvalue weighted by Gasteiger charge is 2.20. The lowest BCUT2D eigenvalue weighted by Gasteiger charge is -2.15. The number of rotatable bonds is 6. The van der Waals surface area contributed by atoms with E-state index in [1.165, 1.54) is 11.6 Å². The summed E-state index contributed by atoms with van der Waals surface area (Å²) in [6, 6.07) is 5.63. The summed E-state index contributed by atoms with van der Waals surface area (Å²) in [5, 5.41) is 2.98. The van der Waals surface area contributed by atoms with Gasteiger partial charge < -0.3 is 10.1 Å². The smallest absolute Gasteiger partial charge is 0.332 e. The summed E-state index contributed by atoms with van der Waals surface area (Å²) >= 11 is 0. The molecule has 1 aromatic carbocycles. The molecule has 158 valence electrons. The van der Waals surface area contributed by atoms with E-state index in [2.05, 4.69) is 10.3 Å². The molecular formula is C22H26N4O4. The van der Waals surface area contributed by atoms with Gasteiger partial charge in [0.05, 0.1) is 6.61 Å². The molecule has 0 radical (unpaired) electrons. The third-order valence-corrected chi connectivity index (χ3v) is 5.01. The first-order valence-electron chi connectivity index (χ1n) is 9.89. The third kappa shape index (κ3) is 3.85. The van der Waals surface area contributed by atoms with Crippen LogP contribution in [-0.2, 0) is 24.8 Å². The number of aromatic nitrogens is 3. The van der Waals surface area contributed by atoms with E-state index >= 15 is 0 Å². The minimum absolute atomic E-state index is 0.206. The topological polar surface area (TPSA) is 95.2 Å². The minimum atomic E-state index is -0.609. The van der Waals surface area contributed by atoms with Crippen molar-refractivity contribution in [2.75, 3.05) is 11.9 Å². The molecule has 0 spiro atoms. The maximum absolute atomic E-state index is 13.2. The molecule has 0 fully saturated rings. The van der Waals surface area contributed by atoms with Crippen molar-refractivity contribution in [1.29, 1.82) is 0 Å². The Balaban J connectivity index is 2.09. The van der Waals surface area contributed by atoms with Gasteiger partial charge in [0, 0.05) is 24.5 Å². The fraction of sp³-hybridized carbons (Fsp3) is 0.364. The van der Waals surface area contributed by atoms with Crippen molar-refractivity contribution in [2.24, 2.45) is 7.05 Å². The lowest BCUT2D eigenvalue weighted by molar-refractivity contribution is -0.116. The van der Waals surface area contributed by atoms with Crippen molar-refractivity contribution in [2.45, 2.75) is 40.7 Å². The molecular weight excluding hydrogens is 384 g/mol. The SMILES string of the molecule is CCOc1c(CC)cnc2c1c(=O)n(CC(=O)Nc1ccc(C)cc1C)c(=O)n2C. The van der Waals surface area contributed by atoms with Crippen molar-refractivity contribution >= 4 is 22.6 Å². The van der Waals surface area contributed by atoms with Gasteiger partial charge in [-0.3, -0.25) is 14.2 Å². The molecule has 2 aromatic heterocycles. The van der Waals surface area contributed by atoms with Gasteiger partial charge in [-0.1, -0.05) is 24.6 Å². The van der Waals surface area contributed by atoms with Gasteiger partial charge in [0.15, 0.2) is 5.65 Å². The molecule has 3 aromatic rings. The molecule has 0 saturated carbocycles. The molecule has 0 saturated heterocycles. The molecule has 0 unspecified atom stereocenters. The maximum Gasteiger partial charge on any atom is 0.332 e. The van der Waals surface area contributed by atoms with Crippen LogP contribution in [0.4, 0.5) is 5.69 Å². The molecule has 0 bridgehead atoms. The molecule has 3 rings (SSSR count). The van der Waals surface area contributed by atoms with E-state index in [0.29, 0.717) is 24.5 Å². The van der Waals surface area contributed by atoms with E-state index in [9.17, 15) is 14.4 Å². The van der Waals surface area contributed by atoms with Gasteiger partial charge in [-0.05, 0) is 38.8 Å². The number of amides is 1. The first-order valence-corrected chi connectivity index (χ1v) is 9.89. The van der Waals surface area contributed by atoms with Crippen LogP contribution in [-0.4, -0.2) is 26.6 Å². The van der Waals surface area contributed by atoms with Crippen LogP contribution in [0.2, 0.25) is 0 Å². The molecule has 0 aliphatic carbocycles. The summed E-state index contributed by atoms with van der Waals surface area (Å²) in [6.07, 6.45) is 2.23. The van der Waals surface area contributed by atoms with E-state index in [1.54, 1.807) is 12.3 Å². The molecule has 0 aliphatic rings. The summed E-state index contributed by atoms with van der Waals surface area (Å²) in [7, 11) is 1.52. The van der Waals surface area contributed by atoms with Crippen LogP contribution in [0.5, 0.6) is 5.75 Å². The van der Waals surface area contributed by atoms with Crippen LogP contribution in [0, 0.1) is 13.8 Å². The Hall–Kier alpha value is -3.42. The molecule has 0 aliphatic heterocycles. The summed E-state index contributed by atoms with van der Waals surface area (Å²) in [6.45, 7) is 7.56. The number of nitrogens with one attached hydrogen (secondary N) is 1. The number of ether oxygens (including phenoxy) is 1. The van der Waals surface area contributed by atoms with E-state index in [0.717, 1.165) is 21.3 Å². The fourth-order valence-corrected chi connectivity index (χ4v) is 3.45. The lowest BCUT2D eigenvalue weighted by Crippen LogP contribution is -2.42. The Morgan fingerprint density at radius 2 is 1.93 bits per heavy atom. The minimum Gasteiger partial charge on any atom is -0.493 e. The highest BCUT2D eigenvalue weighted by Crippen LogP contribution is 2.25. The van der Waals surface area contributed by atoms with E-state index in [-0.39, 0.29) is 11.0 Å². The van der Waals surface area contributed by atoms with Gasteiger partial charge >= 0.3 is 5.69 Å². The molecule has 0 atom stereocenters. The molecule has 1 N–H and O–H groups in total. The van der Waals surface area contributed by atoms with Crippen molar-refractivity contribution in [3.8, 4) is 5.75 Å². The Labute approximate surface area is 174 Å². The number of nitrogens with zero attached hydrogens (tertiary/aromatic N) is 3. The summed E-state index contributed by atoms with van der Waals surface area (Å²) in [5.41, 5.74) is 2.42. The highest BCUT2D eigenvalue weighted by molar-refractivity contribution is 5.91. The van der Waals surface area contributed by atoms with Crippen LogP contribution in [0.15, 0.2) is 34.0 Å². The first kappa shape index (κ1) is 21.3. The summed E-state index contributed by atoms with van der Waals surface area (Å²) in [4.78, 5) is 42.9. The Morgan fingerprint density at radius 3 is 2.57 bits per heavy atom. The van der Waals surface area contributed by atoms with Crippen molar-refractivity contribution in [1.82, 2.24) is 14.1 Å². The van der Waals surface area contributed by atoms with Crippen molar-refractivity contribution in [3.05, 3.63) is 61.9 Å². The van der Waals surface area contributed by atoms with Gasteiger partial charge in [0.1, 0.15) is 17.7 Å². The lowest BCUT2D eigenvalue weighted by atomic mass is 10.1. The first-order chi connectivity index (χ1) is 14.3. The van der Waals surface area contributed by atoms with Crippen molar-refractivity contribution < 1.29 is 9.53 Å². The number of carbonyl (C=O) groups is 1. The maximum atomic E-state index is 13.2. The van der Waals surface area contributed by atoms with Crippen LogP contribution < -0.4 is 21.3 Å². The predicted octanol–water partition coefficient (Wildman–Crippen LogP) is 2.31. The molecule has 1 amide bonds. The number of anilines is 1. The molecule has 8 heteroatoms. The quantitative estimate of drug-likeness (QED) is 0.673. The van der Waals surface area contributed by atoms with Crippen LogP contribution >= 0.6 is 0 Å². The standard InChI is InChI=1S/C22H26N4O4/c1-6-15-11-23-20-18(19(15)30-7-2)21(28)26(22(29)25(20)5)12-17(27)24-16-9-8-13(3)10-14(16)4/h8-11H,6-7,12H2,1-5H3,(H,24,27). The Kier molecular flexibility index (Phi) is 6.05. The van der Waals surface area contributed by atoms with Gasteiger partial charge in [0.25, 0.3) is 5.56 Å². The van der Waals surface area contributed by atoms with Crippen molar-refractivity contribution in [3.63, 3.8) is 0 Å². The van der Waals surface area contributed by atoms with Gasteiger partial charge in [0.2, 0.25) is 5.91 Å². The largest absolute Gasteiger partial charge is 0.493 e. The number of hydrogen-bond acceptors (Lipinski definition) is 5. The van der Waals surface area contributed by atoms with Gasteiger partial charge in [-0.2, -0.15) is 0 Å². The normalized spacial score (nSPS) is 11.0. The van der Waals surface area contributed by atoms with E-state index < -0.39 is 23.7 Å². The average molecular weight is 410 g/mol. The summed E-state index contributed by atoms with van der Waals surface area (Å²) < 4.78 is 7.92. The second-order valence-electron chi connectivity index (χ2n) is 7.20.